The minimum Gasteiger partial charge on any atom is -0.480 e. The SMILES string of the molecule is O=C(O)Cn1nnnc1Sc1cccc(Cl)c1[N+](=O)[O-]. The van der Waals surface area contributed by atoms with Gasteiger partial charge in [0.05, 0.1) is 9.82 Å². The van der Waals surface area contributed by atoms with E-state index in [4.69, 9.17) is 16.7 Å². The van der Waals surface area contributed by atoms with E-state index in [2.05, 4.69) is 15.5 Å². The molecule has 0 amide bonds. The van der Waals surface area contributed by atoms with Crippen LogP contribution >= 0.6 is 23.4 Å². The molecule has 1 aromatic heterocycles. The lowest BCUT2D eigenvalue weighted by Gasteiger charge is -2.03. The van der Waals surface area contributed by atoms with Crippen molar-refractivity contribution in [2.24, 2.45) is 0 Å². The van der Waals surface area contributed by atoms with Crippen molar-refractivity contribution in [3.63, 3.8) is 0 Å². The van der Waals surface area contributed by atoms with Gasteiger partial charge in [0.15, 0.2) is 0 Å². The van der Waals surface area contributed by atoms with Crippen LogP contribution in [0.5, 0.6) is 0 Å². The molecule has 0 saturated carbocycles. The Labute approximate surface area is 120 Å². The lowest BCUT2D eigenvalue weighted by atomic mass is 10.3. The minimum absolute atomic E-state index is 0.0164. The first kappa shape index (κ1) is 14.2. The third-order valence-electron chi connectivity index (χ3n) is 2.12. The largest absolute Gasteiger partial charge is 0.480 e. The zero-order valence-corrected chi connectivity index (χ0v) is 11.2. The Morgan fingerprint density at radius 2 is 2.30 bits per heavy atom. The molecular weight excluding hydrogens is 310 g/mol. The summed E-state index contributed by atoms with van der Waals surface area (Å²) >= 11 is 6.65. The fourth-order valence-electron chi connectivity index (χ4n) is 1.35. The highest BCUT2D eigenvalue weighted by molar-refractivity contribution is 7.99. The average Bonchev–Trinajstić information content (AvgIpc) is 2.75. The number of carboxylic acids is 1. The molecule has 1 N–H and O–H groups in total. The van der Waals surface area contributed by atoms with Gasteiger partial charge < -0.3 is 5.11 Å². The maximum atomic E-state index is 11.0. The first-order chi connectivity index (χ1) is 9.49. The Hall–Kier alpha value is -2.20. The van der Waals surface area contributed by atoms with E-state index in [0.717, 1.165) is 16.4 Å². The quantitative estimate of drug-likeness (QED) is 0.649. The fourth-order valence-corrected chi connectivity index (χ4v) is 2.56. The Bertz CT molecular complexity index is 676. The predicted octanol–water partition coefficient (Wildman–Crippen LogP) is 1.47. The molecule has 2 aromatic rings. The van der Waals surface area contributed by atoms with Crippen LogP contribution in [0.15, 0.2) is 28.3 Å². The van der Waals surface area contributed by atoms with Gasteiger partial charge in [0.1, 0.15) is 11.6 Å². The molecule has 9 nitrogen and oxygen atoms in total. The van der Waals surface area contributed by atoms with E-state index in [-0.39, 0.29) is 20.8 Å². The van der Waals surface area contributed by atoms with Gasteiger partial charge in [-0.15, -0.1) is 5.10 Å². The second kappa shape index (κ2) is 5.84. The molecule has 0 aliphatic carbocycles. The maximum absolute atomic E-state index is 11.0. The van der Waals surface area contributed by atoms with Crippen LogP contribution in [-0.2, 0) is 11.3 Å². The second-order valence-electron chi connectivity index (χ2n) is 3.46. The number of para-hydroxylation sites is 1. The first-order valence-corrected chi connectivity index (χ1v) is 6.27. The van der Waals surface area contributed by atoms with E-state index < -0.39 is 17.4 Å². The summed E-state index contributed by atoms with van der Waals surface area (Å²) < 4.78 is 1.03. The van der Waals surface area contributed by atoms with Crippen LogP contribution in [0, 0.1) is 10.1 Å². The molecule has 0 fully saturated rings. The molecule has 0 saturated heterocycles. The standard InChI is InChI=1S/C9H6ClN5O4S/c10-5-2-1-3-6(8(5)15(18)19)20-9-11-12-13-14(9)4-7(16)17/h1-3H,4H2,(H,16,17). The highest BCUT2D eigenvalue weighted by Gasteiger charge is 2.21. The lowest BCUT2D eigenvalue weighted by molar-refractivity contribution is -0.387. The summed E-state index contributed by atoms with van der Waals surface area (Å²) in [6.45, 7) is -0.441. The summed E-state index contributed by atoms with van der Waals surface area (Å²) in [7, 11) is 0. The fraction of sp³-hybridized carbons (Fsp3) is 0.111. The summed E-state index contributed by atoms with van der Waals surface area (Å²) in [5, 5.41) is 30.3. The van der Waals surface area contributed by atoms with E-state index in [1.54, 1.807) is 6.07 Å². The second-order valence-corrected chi connectivity index (χ2v) is 4.87. The summed E-state index contributed by atoms with van der Waals surface area (Å²) in [5.74, 6) is -1.13. The van der Waals surface area contributed by atoms with E-state index >= 15 is 0 Å². The number of hydrogen-bond donors (Lipinski definition) is 1. The summed E-state index contributed by atoms with van der Waals surface area (Å²) in [6, 6.07) is 4.42. The number of hydrogen-bond acceptors (Lipinski definition) is 7. The molecule has 0 radical (unpaired) electrons. The van der Waals surface area contributed by atoms with Gasteiger partial charge in [-0.2, -0.15) is 0 Å². The van der Waals surface area contributed by atoms with Crippen molar-refractivity contribution in [1.82, 2.24) is 20.2 Å². The number of rotatable bonds is 5. The van der Waals surface area contributed by atoms with Crippen LogP contribution < -0.4 is 0 Å². The van der Waals surface area contributed by atoms with E-state index in [9.17, 15) is 14.9 Å². The molecule has 104 valence electrons. The number of aromatic nitrogens is 4. The molecule has 1 heterocycles. The van der Waals surface area contributed by atoms with Crippen LogP contribution in [0.3, 0.4) is 0 Å². The van der Waals surface area contributed by atoms with Crippen molar-refractivity contribution >= 4 is 35.0 Å². The number of benzene rings is 1. The highest BCUT2D eigenvalue weighted by atomic mass is 35.5. The molecule has 0 bridgehead atoms. The number of aliphatic carboxylic acids is 1. The Morgan fingerprint density at radius 3 is 2.95 bits per heavy atom. The van der Waals surface area contributed by atoms with Gasteiger partial charge in [-0.05, 0) is 34.3 Å². The molecule has 1 aromatic carbocycles. The van der Waals surface area contributed by atoms with Crippen molar-refractivity contribution in [3.05, 3.63) is 33.3 Å². The summed E-state index contributed by atoms with van der Waals surface area (Å²) in [5.41, 5.74) is -0.274. The van der Waals surface area contributed by atoms with Crippen molar-refractivity contribution in [2.75, 3.05) is 0 Å². The van der Waals surface area contributed by atoms with Gasteiger partial charge in [-0.25, -0.2) is 4.68 Å². The predicted molar refractivity (Wildman–Crippen MR) is 67.7 cm³/mol. The zero-order chi connectivity index (χ0) is 14.7. The third kappa shape index (κ3) is 3.03. The smallest absolute Gasteiger partial charge is 0.325 e. The molecule has 20 heavy (non-hydrogen) atoms. The number of carboxylic acid groups (broad SMARTS) is 1. The molecule has 0 unspecified atom stereocenters. The summed E-state index contributed by atoms with van der Waals surface area (Å²) in [6.07, 6.45) is 0. The van der Waals surface area contributed by atoms with Gasteiger partial charge >= 0.3 is 11.7 Å². The average molecular weight is 316 g/mol. The molecule has 0 atom stereocenters. The van der Waals surface area contributed by atoms with Crippen molar-refractivity contribution in [3.8, 4) is 0 Å². The van der Waals surface area contributed by atoms with Crippen LogP contribution in [0.25, 0.3) is 0 Å². The Balaban J connectivity index is 2.36. The van der Waals surface area contributed by atoms with Gasteiger partial charge in [0.2, 0.25) is 5.16 Å². The van der Waals surface area contributed by atoms with Gasteiger partial charge in [-0.1, -0.05) is 17.7 Å². The van der Waals surface area contributed by atoms with E-state index in [1.165, 1.54) is 12.1 Å². The monoisotopic (exact) mass is 315 g/mol. The normalized spacial score (nSPS) is 10.4. The third-order valence-corrected chi connectivity index (χ3v) is 3.45. The number of carbonyl (C=O) groups is 1. The molecule has 0 spiro atoms. The van der Waals surface area contributed by atoms with Crippen LogP contribution in [0.2, 0.25) is 5.02 Å². The Morgan fingerprint density at radius 1 is 1.55 bits per heavy atom. The van der Waals surface area contributed by atoms with Gasteiger partial charge in [-0.3, -0.25) is 14.9 Å². The molecule has 11 heteroatoms. The highest BCUT2D eigenvalue weighted by Crippen LogP contribution is 2.37. The van der Waals surface area contributed by atoms with Gasteiger partial charge in [0, 0.05) is 0 Å². The molecular formula is C9H6ClN5O4S. The first-order valence-electron chi connectivity index (χ1n) is 5.07. The number of nitro benzene ring substituents is 1. The van der Waals surface area contributed by atoms with Crippen LogP contribution in [0.4, 0.5) is 5.69 Å². The van der Waals surface area contributed by atoms with Crippen molar-refractivity contribution < 1.29 is 14.8 Å². The molecule has 0 aliphatic heterocycles. The van der Waals surface area contributed by atoms with E-state index in [0.29, 0.717) is 0 Å². The van der Waals surface area contributed by atoms with Crippen molar-refractivity contribution in [2.45, 2.75) is 16.6 Å². The van der Waals surface area contributed by atoms with E-state index in [1.807, 2.05) is 0 Å². The molecule has 0 aliphatic rings. The summed E-state index contributed by atoms with van der Waals surface area (Å²) in [4.78, 5) is 21.2. The number of nitrogens with zero attached hydrogens (tertiary/aromatic N) is 5. The topological polar surface area (TPSA) is 124 Å². The Kier molecular flexibility index (Phi) is 4.15. The van der Waals surface area contributed by atoms with Crippen molar-refractivity contribution in [1.29, 1.82) is 0 Å². The lowest BCUT2D eigenvalue weighted by Crippen LogP contribution is -2.11. The number of tetrazole rings is 1. The minimum atomic E-state index is -1.13. The maximum Gasteiger partial charge on any atom is 0.325 e. The molecule has 2 rings (SSSR count). The van der Waals surface area contributed by atoms with Gasteiger partial charge in [0.25, 0.3) is 0 Å². The number of halogens is 1. The number of nitro groups is 1. The zero-order valence-electron chi connectivity index (χ0n) is 9.63. The van der Waals surface area contributed by atoms with Crippen LogP contribution in [-0.4, -0.2) is 36.2 Å². The van der Waals surface area contributed by atoms with Crippen LogP contribution in [0.1, 0.15) is 0 Å².